The van der Waals surface area contributed by atoms with Gasteiger partial charge in [0.1, 0.15) is 18.2 Å². The Balaban J connectivity index is 1.61. The summed E-state index contributed by atoms with van der Waals surface area (Å²) in [5.41, 5.74) is -0.800. The van der Waals surface area contributed by atoms with Crippen molar-refractivity contribution in [1.29, 1.82) is 0 Å². The van der Waals surface area contributed by atoms with Crippen LogP contribution in [0.5, 0.6) is 5.75 Å². The van der Waals surface area contributed by atoms with Crippen LogP contribution in [0.15, 0.2) is 66.3 Å². The van der Waals surface area contributed by atoms with Crippen LogP contribution in [-0.4, -0.2) is 26.4 Å². The standard InChI is InChI=1S/C21H18F4N4O2S/c1-2-10-29-18(12-31-17-8-6-15(22)7-9-17)27-28-20(29)32-13-19(30)26-16-5-3-4-14(11-16)21(23,24)25/h2-9,11H,1,10,12-13H2,(H,26,30). The van der Waals surface area contributed by atoms with Crippen molar-refractivity contribution < 1.29 is 27.1 Å². The number of nitrogens with one attached hydrogen (secondary N) is 1. The maximum Gasteiger partial charge on any atom is 0.416 e. The number of amides is 1. The zero-order chi connectivity index (χ0) is 23.1. The first-order valence-electron chi connectivity index (χ1n) is 9.27. The molecule has 0 atom stereocenters. The number of hydrogen-bond donors (Lipinski definition) is 1. The molecule has 11 heteroatoms. The SMILES string of the molecule is C=CCn1c(COc2ccc(F)cc2)nnc1SCC(=O)Nc1cccc(C(F)(F)F)c1. The molecule has 3 aromatic rings. The first-order chi connectivity index (χ1) is 15.3. The highest BCUT2D eigenvalue weighted by atomic mass is 32.2. The van der Waals surface area contributed by atoms with Crippen molar-refractivity contribution in [3.63, 3.8) is 0 Å². The van der Waals surface area contributed by atoms with E-state index in [1.807, 2.05) is 0 Å². The third kappa shape index (κ3) is 6.33. The lowest BCUT2D eigenvalue weighted by molar-refractivity contribution is -0.137. The number of rotatable bonds is 9. The Labute approximate surface area is 185 Å². The molecule has 1 amide bonds. The third-order valence-corrected chi connectivity index (χ3v) is 5.06. The molecule has 3 rings (SSSR count). The molecule has 6 nitrogen and oxygen atoms in total. The van der Waals surface area contributed by atoms with Crippen molar-refractivity contribution >= 4 is 23.4 Å². The highest BCUT2D eigenvalue weighted by Crippen LogP contribution is 2.30. The summed E-state index contributed by atoms with van der Waals surface area (Å²) in [6.45, 7) is 4.10. The van der Waals surface area contributed by atoms with Crippen molar-refractivity contribution in [1.82, 2.24) is 14.8 Å². The summed E-state index contributed by atoms with van der Waals surface area (Å²) in [4.78, 5) is 12.2. The van der Waals surface area contributed by atoms with E-state index in [1.54, 1.807) is 10.6 Å². The fourth-order valence-corrected chi connectivity index (χ4v) is 3.39. The van der Waals surface area contributed by atoms with Crippen LogP contribution in [0.3, 0.4) is 0 Å². The fraction of sp³-hybridized carbons (Fsp3) is 0.190. The van der Waals surface area contributed by atoms with Crippen LogP contribution in [0.1, 0.15) is 11.4 Å². The van der Waals surface area contributed by atoms with Gasteiger partial charge in [0, 0.05) is 12.2 Å². The number of halogens is 4. The molecule has 2 aromatic carbocycles. The zero-order valence-corrected chi connectivity index (χ0v) is 17.4. The van der Waals surface area contributed by atoms with Crippen LogP contribution in [0.25, 0.3) is 0 Å². The van der Waals surface area contributed by atoms with E-state index >= 15 is 0 Å². The highest BCUT2D eigenvalue weighted by Gasteiger charge is 2.30. The van der Waals surface area contributed by atoms with Crippen LogP contribution in [0.2, 0.25) is 0 Å². The van der Waals surface area contributed by atoms with Gasteiger partial charge in [-0.05, 0) is 42.5 Å². The lowest BCUT2D eigenvalue weighted by Crippen LogP contribution is -2.15. The Morgan fingerprint density at radius 3 is 2.62 bits per heavy atom. The van der Waals surface area contributed by atoms with E-state index in [4.69, 9.17) is 4.74 Å². The van der Waals surface area contributed by atoms with Gasteiger partial charge in [0.05, 0.1) is 11.3 Å². The Hall–Kier alpha value is -3.34. The van der Waals surface area contributed by atoms with Crippen molar-refractivity contribution in [2.24, 2.45) is 0 Å². The molecule has 1 heterocycles. The number of ether oxygens (including phenoxy) is 1. The fourth-order valence-electron chi connectivity index (χ4n) is 2.62. The van der Waals surface area contributed by atoms with Gasteiger partial charge in [-0.15, -0.1) is 16.8 Å². The average Bonchev–Trinajstić information content (AvgIpc) is 3.13. The minimum atomic E-state index is -4.50. The van der Waals surface area contributed by atoms with Crippen LogP contribution in [0, 0.1) is 5.82 Å². The van der Waals surface area contributed by atoms with Gasteiger partial charge in [0.25, 0.3) is 0 Å². The Bertz CT molecular complexity index is 1080. The van der Waals surface area contributed by atoms with Crippen LogP contribution < -0.4 is 10.1 Å². The number of carbonyl (C=O) groups is 1. The van der Waals surface area contributed by atoms with Crippen molar-refractivity contribution in [3.05, 3.63) is 78.4 Å². The van der Waals surface area contributed by atoms with E-state index in [0.717, 1.165) is 23.9 Å². The number of nitrogens with zero attached hydrogens (tertiary/aromatic N) is 3. The predicted molar refractivity (Wildman–Crippen MR) is 112 cm³/mol. The maximum atomic E-state index is 13.0. The molecule has 0 bridgehead atoms. The van der Waals surface area contributed by atoms with Crippen molar-refractivity contribution in [3.8, 4) is 5.75 Å². The maximum absolute atomic E-state index is 13.0. The molecular weight excluding hydrogens is 448 g/mol. The van der Waals surface area contributed by atoms with Crippen LogP contribution in [-0.2, 0) is 24.1 Å². The molecule has 32 heavy (non-hydrogen) atoms. The topological polar surface area (TPSA) is 69.0 Å². The molecule has 0 aliphatic heterocycles. The molecule has 0 aliphatic rings. The molecule has 0 unspecified atom stereocenters. The van der Waals surface area contributed by atoms with E-state index in [-0.39, 0.29) is 23.9 Å². The van der Waals surface area contributed by atoms with Gasteiger partial charge in [-0.2, -0.15) is 13.2 Å². The minimum absolute atomic E-state index is 0.0476. The Kier molecular flexibility index (Phi) is 7.52. The third-order valence-electron chi connectivity index (χ3n) is 4.09. The number of thioether (sulfide) groups is 1. The molecule has 0 spiro atoms. The van der Waals surface area contributed by atoms with Crippen LogP contribution in [0.4, 0.5) is 23.2 Å². The number of anilines is 1. The van der Waals surface area contributed by atoms with Crippen molar-refractivity contribution in [2.45, 2.75) is 24.5 Å². The Morgan fingerprint density at radius 2 is 1.94 bits per heavy atom. The van der Waals surface area contributed by atoms with Crippen molar-refractivity contribution in [2.75, 3.05) is 11.1 Å². The minimum Gasteiger partial charge on any atom is -0.486 e. The monoisotopic (exact) mass is 466 g/mol. The van der Waals surface area contributed by atoms with Gasteiger partial charge in [-0.1, -0.05) is 23.9 Å². The average molecular weight is 466 g/mol. The number of alkyl halides is 3. The summed E-state index contributed by atoms with van der Waals surface area (Å²) in [7, 11) is 0. The summed E-state index contributed by atoms with van der Waals surface area (Å²) >= 11 is 1.07. The summed E-state index contributed by atoms with van der Waals surface area (Å²) in [6.07, 6.45) is -2.87. The van der Waals surface area contributed by atoms with Gasteiger partial charge in [-0.3, -0.25) is 9.36 Å². The van der Waals surface area contributed by atoms with Crippen LogP contribution >= 0.6 is 11.8 Å². The number of hydrogen-bond acceptors (Lipinski definition) is 5. The normalized spacial score (nSPS) is 11.2. The van der Waals surface area contributed by atoms with E-state index in [9.17, 15) is 22.4 Å². The summed E-state index contributed by atoms with van der Waals surface area (Å²) < 4.78 is 58.7. The first-order valence-corrected chi connectivity index (χ1v) is 10.3. The predicted octanol–water partition coefficient (Wildman–Crippen LogP) is 4.93. The van der Waals surface area contributed by atoms with E-state index in [1.165, 1.54) is 36.4 Å². The molecular formula is C21H18F4N4O2S. The number of benzene rings is 2. The zero-order valence-electron chi connectivity index (χ0n) is 16.6. The second-order valence-electron chi connectivity index (χ2n) is 6.46. The molecule has 1 aromatic heterocycles. The molecule has 0 saturated carbocycles. The molecule has 0 aliphatic carbocycles. The summed E-state index contributed by atoms with van der Waals surface area (Å²) in [5.74, 6) is -0.0465. The Morgan fingerprint density at radius 1 is 1.19 bits per heavy atom. The molecule has 0 saturated heterocycles. The van der Waals surface area contributed by atoms with E-state index in [2.05, 4.69) is 22.1 Å². The van der Waals surface area contributed by atoms with E-state index < -0.39 is 17.6 Å². The number of carbonyl (C=O) groups excluding carboxylic acids is 1. The number of allylic oxidation sites excluding steroid dienone is 1. The van der Waals surface area contributed by atoms with Gasteiger partial charge in [0.15, 0.2) is 11.0 Å². The molecule has 0 radical (unpaired) electrons. The molecule has 1 N–H and O–H groups in total. The summed E-state index contributed by atoms with van der Waals surface area (Å²) in [5, 5.41) is 11.0. The smallest absolute Gasteiger partial charge is 0.416 e. The molecule has 168 valence electrons. The quantitative estimate of drug-likeness (QED) is 0.275. The van der Waals surface area contributed by atoms with Gasteiger partial charge >= 0.3 is 6.18 Å². The van der Waals surface area contributed by atoms with Gasteiger partial charge < -0.3 is 10.1 Å². The summed E-state index contributed by atoms with van der Waals surface area (Å²) in [6, 6.07) is 9.91. The van der Waals surface area contributed by atoms with Gasteiger partial charge in [0.2, 0.25) is 5.91 Å². The lowest BCUT2D eigenvalue weighted by Gasteiger charge is -2.10. The second-order valence-corrected chi connectivity index (χ2v) is 7.40. The largest absolute Gasteiger partial charge is 0.486 e. The van der Waals surface area contributed by atoms with Gasteiger partial charge in [-0.25, -0.2) is 4.39 Å². The highest BCUT2D eigenvalue weighted by molar-refractivity contribution is 7.99. The van der Waals surface area contributed by atoms with E-state index in [0.29, 0.717) is 23.3 Å². The first kappa shape index (κ1) is 23.3. The number of aromatic nitrogens is 3. The second kappa shape index (κ2) is 10.3. The molecule has 0 fully saturated rings. The lowest BCUT2D eigenvalue weighted by atomic mass is 10.2.